The Bertz CT molecular complexity index is 440. The maximum Gasteiger partial charge on any atom is 0.102 e. The van der Waals surface area contributed by atoms with Gasteiger partial charge in [-0.25, -0.2) is 0 Å². The van der Waals surface area contributed by atoms with Crippen LogP contribution in [0.25, 0.3) is 0 Å². The minimum Gasteiger partial charge on any atom is -0.192 e. The Hall–Kier alpha value is -0.930. The molecule has 0 saturated carbocycles. The minimum atomic E-state index is -0.0144. The molecule has 0 aliphatic heterocycles. The normalized spacial score (nSPS) is 9.00. The van der Waals surface area contributed by atoms with E-state index in [2.05, 4.69) is 6.07 Å². The van der Waals surface area contributed by atoms with E-state index in [4.69, 9.17) is 45.3 Å². The Morgan fingerprint density at radius 1 is 1.00 bits per heavy atom. The summed E-state index contributed by atoms with van der Waals surface area (Å²) in [5, 5.41) is 17.3. The molecule has 0 aromatic heterocycles. The van der Waals surface area contributed by atoms with Crippen molar-refractivity contribution in [2.24, 2.45) is 0 Å². The molecular weight excluding hydrogens is 230 g/mol. The first-order valence-electron chi connectivity index (χ1n) is 3.01. The Kier molecular flexibility index (Phi) is 3.01. The summed E-state index contributed by atoms with van der Waals surface area (Å²) in [4.78, 5) is 0. The summed E-state index contributed by atoms with van der Waals surface area (Å²) in [5.74, 6) is 0. The van der Waals surface area contributed by atoms with Crippen LogP contribution in [0.5, 0.6) is 0 Å². The largest absolute Gasteiger partial charge is 0.192 e. The summed E-state index contributed by atoms with van der Waals surface area (Å²) in [6.07, 6.45) is 0. The molecule has 1 rings (SSSR count). The molecule has 0 heterocycles. The number of rotatable bonds is 0. The van der Waals surface area contributed by atoms with Gasteiger partial charge >= 0.3 is 0 Å². The Morgan fingerprint density at radius 2 is 1.62 bits per heavy atom. The smallest absolute Gasteiger partial charge is 0.102 e. The second-order valence-electron chi connectivity index (χ2n) is 2.04. The number of halogens is 3. The van der Waals surface area contributed by atoms with E-state index < -0.39 is 0 Å². The predicted octanol–water partition coefficient (Wildman–Crippen LogP) is 3.19. The Morgan fingerprint density at radius 3 is 2.08 bits per heavy atom. The van der Waals surface area contributed by atoms with Gasteiger partial charge in [-0.05, 0) is 0 Å². The summed E-state index contributed by atoms with van der Waals surface area (Å²) in [6.45, 7) is 0. The lowest BCUT2D eigenvalue weighted by Gasteiger charge is -2.01. The second kappa shape index (κ2) is 3.85. The van der Waals surface area contributed by atoms with Crippen molar-refractivity contribution in [3.63, 3.8) is 0 Å². The van der Waals surface area contributed by atoms with E-state index in [1.807, 2.05) is 0 Å². The number of nitriles is 2. The molecule has 1 aromatic carbocycles. The van der Waals surface area contributed by atoms with Crippen molar-refractivity contribution in [2.45, 2.75) is 0 Å². The molecule has 0 fully saturated rings. The van der Waals surface area contributed by atoms with E-state index in [-0.39, 0.29) is 26.2 Å². The zero-order valence-corrected chi connectivity index (χ0v) is 8.30. The van der Waals surface area contributed by atoms with Gasteiger partial charge < -0.3 is 0 Å². The molecule has 5 heteroatoms. The number of hydrogen-bond acceptors (Lipinski definition) is 2. The van der Waals surface area contributed by atoms with Crippen molar-refractivity contribution in [2.75, 3.05) is 0 Å². The van der Waals surface area contributed by atoms with E-state index in [0.29, 0.717) is 0 Å². The van der Waals surface area contributed by atoms with E-state index in [1.165, 1.54) is 0 Å². The van der Waals surface area contributed by atoms with Crippen LogP contribution in [-0.4, -0.2) is 0 Å². The first-order chi connectivity index (χ1) is 6.11. The molecule has 0 saturated heterocycles. The maximum absolute atomic E-state index is 8.64. The molecule has 0 N–H and O–H groups in total. The topological polar surface area (TPSA) is 47.6 Å². The summed E-state index contributed by atoms with van der Waals surface area (Å²) in [5.41, 5.74) is 0.0243. The van der Waals surface area contributed by atoms with Gasteiger partial charge in [0.15, 0.2) is 0 Å². The predicted molar refractivity (Wildman–Crippen MR) is 49.7 cm³/mol. The molecule has 0 bridgehead atoms. The van der Waals surface area contributed by atoms with Crippen LogP contribution in [0.4, 0.5) is 0 Å². The van der Waals surface area contributed by atoms with Crippen molar-refractivity contribution in [3.05, 3.63) is 32.3 Å². The van der Waals surface area contributed by atoms with Gasteiger partial charge in [0.2, 0.25) is 0 Å². The SMILES string of the molecule is N#Cc1[c]c(Cl)c(Cl)c(C#N)c1Cl. The lowest BCUT2D eigenvalue weighted by atomic mass is 10.1. The molecule has 0 amide bonds. The molecule has 0 aliphatic rings. The van der Waals surface area contributed by atoms with Crippen LogP contribution in [0.1, 0.15) is 11.1 Å². The Balaban J connectivity index is 3.63. The highest BCUT2D eigenvalue weighted by Crippen LogP contribution is 2.32. The minimum absolute atomic E-state index is 0.00336. The monoisotopic (exact) mass is 229 g/mol. The first-order valence-corrected chi connectivity index (χ1v) is 4.15. The summed E-state index contributed by atoms with van der Waals surface area (Å²) in [6, 6.07) is 5.97. The zero-order chi connectivity index (χ0) is 10.0. The van der Waals surface area contributed by atoms with Gasteiger partial charge in [0.1, 0.15) is 12.1 Å². The molecule has 0 unspecified atom stereocenters. The van der Waals surface area contributed by atoms with Gasteiger partial charge in [0.25, 0.3) is 0 Å². The molecule has 2 nitrogen and oxygen atoms in total. The van der Waals surface area contributed by atoms with Crippen LogP contribution >= 0.6 is 34.8 Å². The van der Waals surface area contributed by atoms with Crippen LogP contribution in [0, 0.1) is 28.7 Å². The quantitative estimate of drug-likeness (QED) is 0.643. The Labute approximate surface area is 89.9 Å². The lowest BCUT2D eigenvalue weighted by Crippen LogP contribution is -1.86. The third-order valence-electron chi connectivity index (χ3n) is 1.31. The first kappa shape index (κ1) is 10.2. The number of nitrogens with zero attached hydrogens (tertiary/aromatic N) is 2. The lowest BCUT2D eigenvalue weighted by molar-refractivity contribution is 1.44. The van der Waals surface area contributed by atoms with Gasteiger partial charge in [-0.2, -0.15) is 10.5 Å². The summed E-state index contributed by atoms with van der Waals surface area (Å²) < 4.78 is 0. The molecule has 63 valence electrons. The third kappa shape index (κ3) is 1.71. The van der Waals surface area contributed by atoms with Crippen LogP contribution < -0.4 is 0 Å². The van der Waals surface area contributed by atoms with Crippen LogP contribution in [0.2, 0.25) is 15.1 Å². The highest BCUT2D eigenvalue weighted by molar-refractivity contribution is 6.44. The fourth-order valence-corrected chi connectivity index (χ4v) is 1.37. The third-order valence-corrected chi connectivity index (χ3v) is 2.45. The van der Waals surface area contributed by atoms with Crippen molar-refractivity contribution in [1.29, 1.82) is 10.5 Å². The van der Waals surface area contributed by atoms with Gasteiger partial charge in [-0.1, -0.05) is 34.8 Å². The molecule has 0 atom stereocenters. The summed E-state index contributed by atoms with van der Waals surface area (Å²) >= 11 is 16.9. The van der Waals surface area contributed by atoms with Crippen molar-refractivity contribution in [3.8, 4) is 12.1 Å². The van der Waals surface area contributed by atoms with Gasteiger partial charge in [-0.3, -0.25) is 0 Å². The maximum atomic E-state index is 8.64. The van der Waals surface area contributed by atoms with Gasteiger partial charge in [0, 0.05) is 6.07 Å². The number of hydrogen-bond donors (Lipinski definition) is 0. The van der Waals surface area contributed by atoms with Crippen molar-refractivity contribution >= 4 is 34.8 Å². The van der Waals surface area contributed by atoms with E-state index in [9.17, 15) is 0 Å². The van der Waals surface area contributed by atoms with E-state index in [1.54, 1.807) is 12.1 Å². The van der Waals surface area contributed by atoms with Crippen LogP contribution in [0.15, 0.2) is 0 Å². The average molecular weight is 230 g/mol. The molecule has 0 aliphatic carbocycles. The fraction of sp³-hybridized carbons (Fsp3) is 0. The molecule has 13 heavy (non-hydrogen) atoms. The molecule has 1 aromatic rings. The zero-order valence-electron chi connectivity index (χ0n) is 6.03. The molecular formula is C8Cl3N2. The fourth-order valence-electron chi connectivity index (χ4n) is 0.726. The van der Waals surface area contributed by atoms with E-state index >= 15 is 0 Å². The number of benzene rings is 1. The van der Waals surface area contributed by atoms with Crippen LogP contribution in [-0.2, 0) is 0 Å². The molecule has 0 spiro atoms. The van der Waals surface area contributed by atoms with Crippen LogP contribution in [0.3, 0.4) is 0 Å². The highest BCUT2D eigenvalue weighted by Gasteiger charge is 2.14. The van der Waals surface area contributed by atoms with Crippen molar-refractivity contribution < 1.29 is 0 Å². The second-order valence-corrected chi connectivity index (χ2v) is 3.17. The van der Waals surface area contributed by atoms with Crippen molar-refractivity contribution in [1.82, 2.24) is 0 Å². The summed E-state index contributed by atoms with van der Waals surface area (Å²) in [7, 11) is 0. The standard InChI is InChI=1S/C8Cl3N2/c9-6-1-4(2-12)7(10)5(3-13)8(6)11. The van der Waals surface area contributed by atoms with Gasteiger partial charge in [-0.15, -0.1) is 0 Å². The average Bonchev–Trinajstić information content (AvgIpc) is 2.12. The highest BCUT2D eigenvalue weighted by atomic mass is 35.5. The molecule has 1 radical (unpaired) electrons. The van der Waals surface area contributed by atoms with Gasteiger partial charge in [0.05, 0.1) is 26.2 Å². The van der Waals surface area contributed by atoms with E-state index in [0.717, 1.165) is 0 Å².